The van der Waals surface area contributed by atoms with Crippen molar-refractivity contribution in [3.8, 4) is 0 Å². The Hall–Kier alpha value is -1.65. The van der Waals surface area contributed by atoms with E-state index in [0.717, 1.165) is 16.7 Å². The van der Waals surface area contributed by atoms with Gasteiger partial charge in [-0.15, -0.1) is 6.58 Å². The molecular formula is C16H23NO3. The van der Waals surface area contributed by atoms with E-state index in [0.29, 0.717) is 13.0 Å². The molecule has 1 rings (SSSR count). The van der Waals surface area contributed by atoms with Crippen LogP contribution in [-0.4, -0.2) is 28.8 Å². The SMILES string of the molecule is C=CCNC(CCC(=O)O)C(O)c1cc(C)ccc1C. The number of carboxylic acid groups (broad SMARTS) is 1. The summed E-state index contributed by atoms with van der Waals surface area (Å²) >= 11 is 0. The Balaban J connectivity index is 2.89. The Labute approximate surface area is 120 Å². The van der Waals surface area contributed by atoms with Crippen molar-refractivity contribution in [3.05, 3.63) is 47.5 Å². The first-order chi connectivity index (χ1) is 9.45. The van der Waals surface area contributed by atoms with Crippen LogP contribution in [0, 0.1) is 13.8 Å². The van der Waals surface area contributed by atoms with Crippen LogP contribution >= 0.6 is 0 Å². The average Bonchev–Trinajstić information content (AvgIpc) is 2.40. The first kappa shape index (κ1) is 16.4. The number of nitrogens with one attached hydrogen (secondary N) is 1. The number of rotatable bonds is 8. The fourth-order valence-corrected chi connectivity index (χ4v) is 2.18. The van der Waals surface area contributed by atoms with Crippen LogP contribution in [0.3, 0.4) is 0 Å². The zero-order chi connectivity index (χ0) is 15.1. The third kappa shape index (κ3) is 4.79. The molecule has 2 unspecified atom stereocenters. The van der Waals surface area contributed by atoms with E-state index in [9.17, 15) is 9.90 Å². The van der Waals surface area contributed by atoms with Crippen molar-refractivity contribution in [2.75, 3.05) is 6.54 Å². The molecule has 1 aromatic carbocycles. The zero-order valence-corrected chi connectivity index (χ0v) is 12.1. The molecule has 110 valence electrons. The second-order valence-electron chi connectivity index (χ2n) is 5.04. The topological polar surface area (TPSA) is 69.6 Å². The summed E-state index contributed by atoms with van der Waals surface area (Å²) in [7, 11) is 0. The smallest absolute Gasteiger partial charge is 0.303 e. The van der Waals surface area contributed by atoms with Gasteiger partial charge < -0.3 is 15.5 Å². The molecule has 0 aliphatic heterocycles. The van der Waals surface area contributed by atoms with Gasteiger partial charge in [0.05, 0.1) is 6.10 Å². The molecule has 0 saturated carbocycles. The molecule has 0 spiro atoms. The van der Waals surface area contributed by atoms with E-state index in [2.05, 4.69) is 11.9 Å². The van der Waals surface area contributed by atoms with E-state index in [4.69, 9.17) is 5.11 Å². The summed E-state index contributed by atoms with van der Waals surface area (Å²) in [5, 5.41) is 22.5. The number of hydrogen-bond acceptors (Lipinski definition) is 3. The zero-order valence-electron chi connectivity index (χ0n) is 12.1. The lowest BCUT2D eigenvalue weighted by Crippen LogP contribution is -2.36. The van der Waals surface area contributed by atoms with Crippen LogP contribution in [0.1, 0.15) is 35.6 Å². The molecular weight excluding hydrogens is 254 g/mol. The van der Waals surface area contributed by atoms with Gasteiger partial charge in [0.1, 0.15) is 0 Å². The van der Waals surface area contributed by atoms with Gasteiger partial charge in [0, 0.05) is 19.0 Å². The lowest BCUT2D eigenvalue weighted by atomic mass is 9.93. The van der Waals surface area contributed by atoms with E-state index >= 15 is 0 Å². The van der Waals surface area contributed by atoms with Crippen LogP contribution in [0.4, 0.5) is 0 Å². The van der Waals surface area contributed by atoms with Gasteiger partial charge in [-0.2, -0.15) is 0 Å². The maximum Gasteiger partial charge on any atom is 0.303 e. The van der Waals surface area contributed by atoms with Crippen molar-refractivity contribution in [2.45, 2.75) is 38.8 Å². The van der Waals surface area contributed by atoms with Crippen molar-refractivity contribution in [1.82, 2.24) is 5.32 Å². The van der Waals surface area contributed by atoms with Crippen molar-refractivity contribution in [3.63, 3.8) is 0 Å². The highest BCUT2D eigenvalue weighted by atomic mass is 16.4. The second kappa shape index (κ2) is 7.82. The maximum atomic E-state index is 10.7. The lowest BCUT2D eigenvalue weighted by Gasteiger charge is -2.25. The molecule has 0 radical (unpaired) electrons. The van der Waals surface area contributed by atoms with Gasteiger partial charge in [-0.1, -0.05) is 29.8 Å². The molecule has 0 saturated heterocycles. The highest BCUT2D eigenvalue weighted by Gasteiger charge is 2.22. The van der Waals surface area contributed by atoms with Crippen LogP contribution in [0.25, 0.3) is 0 Å². The van der Waals surface area contributed by atoms with E-state index in [1.165, 1.54) is 0 Å². The number of carboxylic acids is 1. The minimum atomic E-state index is -0.858. The number of aliphatic hydroxyl groups excluding tert-OH is 1. The van der Waals surface area contributed by atoms with Crippen LogP contribution in [0.5, 0.6) is 0 Å². The Morgan fingerprint density at radius 3 is 2.75 bits per heavy atom. The first-order valence-electron chi connectivity index (χ1n) is 6.77. The fourth-order valence-electron chi connectivity index (χ4n) is 2.18. The summed E-state index contributed by atoms with van der Waals surface area (Å²) < 4.78 is 0. The number of hydrogen-bond donors (Lipinski definition) is 3. The number of carbonyl (C=O) groups is 1. The Kier molecular flexibility index (Phi) is 6.42. The van der Waals surface area contributed by atoms with Gasteiger partial charge in [0.25, 0.3) is 0 Å². The number of aliphatic hydroxyl groups is 1. The van der Waals surface area contributed by atoms with E-state index in [1.54, 1.807) is 6.08 Å². The minimum Gasteiger partial charge on any atom is -0.481 e. The van der Waals surface area contributed by atoms with Gasteiger partial charge in [0.15, 0.2) is 0 Å². The van der Waals surface area contributed by atoms with Gasteiger partial charge in [-0.25, -0.2) is 0 Å². The second-order valence-corrected chi connectivity index (χ2v) is 5.04. The van der Waals surface area contributed by atoms with Gasteiger partial charge in [0.2, 0.25) is 0 Å². The highest BCUT2D eigenvalue weighted by Crippen LogP contribution is 2.24. The molecule has 2 atom stereocenters. The summed E-state index contributed by atoms with van der Waals surface area (Å²) in [5.74, 6) is -0.858. The third-order valence-electron chi connectivity index (χ3n) is 3.33. The number of benzene rings is 1. The van der Waals surface area contributed by atoms with Crippen LogP contribution < -0.4 is 5.32 Å². The lowest BCUT2D eigenvalue weighted by molar-refractivity contribution is -0.137. The van der Waals surface area contributed by atoms with E-state index < -0.39 is 12.1 Å². The molecule has 20 heavy (non-hydrogen) atoms. The minimum absolute atomic E-state index is 0.0245. The molecule has 1 aromatic rings. The molecule has 4 heteroatoms. The van der Waals surface area contributed by atoms with Crippen LogP contribution in [0.2, 0.25) is 0 Å². The molecule has 0 bridgehead atoms. The quantitative estimate of drug-likeness (QED) is 0.638. The monoisotopic (exact) mass is 277 g/mol. The van der Waals surface area contributed by atoms with Crippen LogP contribution in [-0.2, 0) is 4.79 Å². The molecule has 0 aliphatic rings. The van der Waals surface area contributed by atoms with Crippen molar-refractivity contribution in [1.29, 1.82) is 0 Å². The molecule has 0 heterocycles. The van der Waals surface area contributed by atoms with Gasteiger partial charge >= 0.3 is 5.97 Å². The largest absolute Gasteiger partial charge is 0.481 e. The van der Waals surface area contributed by atoms with Gasteiger partial charge in [-0.05, 0) is 31.4 Å². The molecule has 4 nitrogen and oxygen atoms in total. The third-order valence-corrected chi connectivity index (χ3v) is 3.33. The molecule has 0 aliphatic carbocycles. The summed E-state index contributed by atoms with van der Waals surface area (Å²) in [6.07, 6.45) is 1.37. The van der Waals surface area contributed by atoms with Crippen molar-refractivity contribution in [2.24, 2.45) is 0 Å². The number of aryl methyl sites for hydroxylation is 2. The molecule has 0 aromatic heterocycles. The predicted molar refractivity (Wildman–Crippen MR) is 79.7 cm³/mol. The highest BCUT2D eigenvalue weighted by molar-refractivity contribution is 5.66. The van der Waals surface area contributed by atoms with E-state index in [-0.39, 0.29) is 12.5 Å². The summed E-state index contributed by atoms with van der Waals surface area (Å²) in [5.41, 5.74) is 2.92. The normalized spacial score (nSPS) is 13.8. The summed E-state index contributed by atoms with van der Waals surface area (Å²) in [6.45, 7) is 8.08. The average molecular weight is 277 g/mol. The summed E-state index contributed by atoms with van der Waals surface area (Å²) in [6, 6.07) is 5.61. The van der Waals surface area contributed by atoms with E-state index in [1.807, 2.05) is 32.0 Å². The Morgan fingerprint density at radius 1 is 1.45 bits per heavy atom. The molecule has 0 amide bonds. The van der Waals surface area contributed by atoms with Crippen molar-refractivity contribution >= 4 is 5.97 Å². The predicted octanol–water partition coefficient (Wildman–Crippen LogP) is 2.35. The Morgan fingerprint density at radius 2 is 2.15 bits per heavy atom. The number of aliphatic carboxylic acids is 1. The first-order valence-corrected chi connectivity index (χ1v) is 6.77. The van der Waals surface area contributed by atoms with Crippen molar-refractivity contribution < 1.29 is 15.0 Å². The standard InChI is InChI=1S/C16H23NO3/c1-4-9-17-14(7-8-15(18)19)16(20)13-10-11(2)5-6-12(13)3/h4-6,10,14,16-17,20H,1,7-9H2,2-3H3,(H,18,19). The summed E-state index contributed by atoms with van der Waals surface area (Å²) in [4.78, 5) is 10.7. The van der Waals surface area contributed by atoms with Gasteiger partial charge in [-0.3, -0.25) is 4.79 Å². The van der Waals surface area contributed by atoms with Crippen LogP contribution in [0.15, 0.2) is 30.9 Å². The maximum absolute atomic E-state index is 10.7. The fraction of sp³-hybridized carbons (Fsp3) is 0.438. The Bertz CT molecular complexity index is 471. The molecule has 0 fully saturated rings. The molecule has 3 N–H and O–H groups in total.